The third kappa shape index (κ3) is 1.95. The monoisotopic (exact) mass is 217 g/mol. The highest BCUT2D eigenvalue weighted by atomic mass is 16.5. The molecule has 0 aliphatic rings. The van der Waals surface area contributed by atoms with Gasteiger partial charge in [-0.2, -0.15) is 0 Å². The predicted molar refractivity (Wildman–Crippen MR) is 58.0 cm³/mol. The van der Waals surface area contributed by atoms with Crippen LogP contribution < -0.4 is 0 Å². The number of hydrogen-bond donors (Lipinski definition) is 1. The number of aliphatic carboxylic acids is 1. The van der Waals surface area contributed by atoms with Gasteiger partial charge in [0.15, 0.2) is 0 Å². The van der Waals surface area contributed by atoms with Crippen LogP contribution in [0.3, 0.4) is 0 Å². The average molecular weight is 217 g/mol. The molecule has 2 rings (SSSR count). The fourth-order valence-corrected chi connectivity index (χ4v) is 1.48. The molecule has 82 valence electrons. The number of hydrogen-bond acceptors (Lipinski definition) is 3. The lowest BCUT2D eigenvalue weighted by atomic mass is 9.98. The highest BCUT2D eigenvalue weighted by Gasteiger charge is 2.14. The Bertz CT molecular complexity index is 491. The van der Waals surface area contributed by atoms with Gasteiger partial charge in [-0.3, -0.25) is 4.79 Å². The van der Waals surface area contributed by atoms with E-state index in [1.54, 1.807) is 19.2 Å². The maximum absolute atomic E-state index is 10.9. The Hall–Kier alpha value is -2.10. The van der Waals surface area contributed by atoms with E-state index in [9.17, 15) is 4.79 Å². The van der Waals surface area contributed by atoms with Crippen LogP contribution in [-0.2, 0) is 4.79 Å². The van der Waals surface area contributed by atoms with Crippen LogP contribution in [0.25, 0.3) is 11.1 Å². The second kappa shape index (κ2) is 4.18. The Labute approximate surface area is 92.5 Å². The van der Waals surface area contributed by atoms with Crippen molar-refractivity contribution in [3.63, 3.8) is 0 Å². The Morgan fingerprint density at radius 1 is 1.44 bits per heavy atom. The predicted octanol–water partition coefficient (Wildman–Crippen LogP) is 2.53. The molecule has 4 nitrogen and oxygen atoms in total. The lowest BCUT2D eigenvalue weighted by molar-refractivity contribution is -0.138. The minimum absolute atomic E-state index is 0.514. The van der Waals surface area contributed by atoms with E-state index in [1.165, 1.54) is 6.26 Å². The number of carbonyl (C=O) groups is 1. The van der Waals surface area contributed by atoms with E-state index >= 15 is 0 Å². The third-order valence-electron chi connectivity index (χ3n) is 2.52. The smallest absolute Gasteiger partial charge is 0.310 e. The molecule has 0 fully saturated rings. The largest absolute Gasteiger partial charge is 0.481 e. The maximum Gasteiger partial charge on any atom is 0.310 e. The summed E-state index contributed by atoms with van der Waals surface area (Å²) in [6, 6.07) is 7.36. The van der Waals surface area contributed by atoms with E-state index in [1.807, 2.05) is 18.2 Å². The van der Waals surface area contributed by atoms with Crippen LogP contribution in [0, 0.1) is 0 Å². The number of nitrogens with zero attached hydrogens (tertiary/aromatic N) is 1. The van der Waals surface area contributed by atoms with Crippen LogP contribution in [0.5, 0.6) is 0 Å². The van der Waals surface area contributed by atoms with Gasteiger partial charge in [-0.25, -0.2) is 0 Å². The summed E-state index contributed by atoms with van der Waals surface area (Å²) in [6.07, 6.45) is 3.13. The van der Waals surface area contributed by atoms with Gasteiger partial charge in [0.05, 0.1) is 12.1 Å². The molecule has 0 spiro atoms. The molecule has 0 saturated heterocycles. The number of carboxylic acids is 1. The molecule has 1 aromatic carbocycles. The molecule has 0 amide bonds. The van der Waals surface area contributed by atoms with Crippen LogP contribution >= 0.6 is 0 Å². The fourth-order valence-electron chi connectivity index (χ4n) is 1.48. The van der Waals surface area contributed by atoms with Gasteiger partial charge in [0.2, 0.25) is 0 Å². The van der Waals surface area contributed by atoms with Crippen LogP contribution in [-0.4, -0.2) is 16.2 Å². The Kier molecular flexibility index (Phi) is 2.72. The van der Waals surface area contributed by atoms with Crippen molar-refractivity contribution < 1.29 is 14.4 Å². The normalized spacial score (nSPS) is 12.3. The van der Waals surface area contributed by atoms with Crippen LogP contribution in [0.2, 0.25) is 0 Å². The molecule has 0 aliphatic carbocycles. The van der Waals surface area contributed by atoms with Gasteiger partial charge in [0.1, 0.15) is 6.26 Å². The Balaban J connectivity index is 2.37. The number of aromatic nitrogens is 1. The molecule has 2 aromatic rings. The van der Waals surface area contributed by atoms with Crippen molar-refractivity contribution in [1.82, 2.24) is 5.16 Å². The molecule has 1 N–H and O–H groups in total. The Morgan fingerprint density at radius 2 is 2.25 bits per heavy atom. The lowest BCUT2D eigenvalue weighted by Gasteiger charge is -2.07. The molecule has 0 unspecified atom stereocenters. The summed E-state index contributed by atoms with van der Waals surface area (Å²) in [6.45, 7) is 1.66. The number of benzene rings is 1. The summed E-state index contributed by atoms with van der Waals surface area (Å²) < 4.78 is 4.75. The maximum atomic E-state index is 10.9. The van der Waals surface area contributed by atoms with E-state index in [0.717, 1.165) is 16.7 Å². The second-order valence-corrected chi connectivity index (χ2v) is 3.60. The van der Waals surface area contributed by atoms with E-state index in [0.29, 0.717) is 0 Å². The van der Waals surface area contributed by atoms with Crippen molar-refractivity contribution in [3.05, 3.63) is 42.3 Å². The van der Waals surface area contributed by atoms with Crippen molar-refractivity contribution in [1.29, 1.82) is 0 Å². The molecular formula is C12H11NO3. The second-order valence-electron chi connectivity index (χ2n) is 3.60. The first-order valence-electron chi connectivity index (χ1n) is 4.91. The molecule has 0 radical (unpaired) electrons. The first kappa shape index (κ1) is 10.4. The zero-order valence-electron chi connectivity index (χ0n) is 8.75. The number of rotatable bonds is 3. The highest BCUT2D eigenvalue weighted by Crippen LogP contribution is 2.23. The quantitative estimate of drug-likeness (QED) is 0.858. The summed E-state index contributed by atoms with van der Waals surface area (Å²) >= 11 is 0. The van der Waals surface area contributed by atoms with Gasteiger partial charge in [0, 0.05) is 5.56 Å². The summed E-state index contributed by atoms with van der Waals surface area (Å²) in [5, 5.41) is 12.5. The van der Waals surface area contributed by atoms with Crippen molar-refractivity contribution in [2.75, 3.05) is 0 Å². The first-order valence-corrected chi connectivity index (χ1v) is 4.91. The minimum Gasteiger partial charge on any atom is -0.481 e. The number of carboxylic acid groups (broad SMARTS) is 1. The molecular weight excluding hydrogens is 206 g/mol. The zero-order chi connectivity index (χ0) is 11.5. The third-order valence-corrected chi connectivity index (χ3v) is 2.52. The molecule has 16 heavy (non-hydrogen) atoms. The molecule has 4 heteroatoms. The summed E-state index contributed by atoms with van der Waals surface area (Å²) in [5.74, 6) is -1.35. The summed E-state index contributed by atoms with van der Waals surface area (Å²) in [5.41, 5.74) is 2.53. The van der Waals surface area contributed by atoms with Gasteiger partial charge >= 0.3 is 5.97 Å². The van der Waals surface area contributed by atoms with Crippen molar-refractivity contribution in [2.45, 2.75) is 12.8 Å². The topological polar surface area (TPSA) is 63.3 Å². The summed E-state index contributed by atoms with van der Waals surface area (Å²) in [7, 11) is 0. The van der Waals surface area contributed by atoms with Crippen molar-refractivity contribution in [2.24, 2.45) is 0 Å². The zero-order valence-corrected chi connectivity index (χ0v) is 8.75. The van der Waals surface area contributed by atoms with E-state index in [-0.39, 0.29) is 0 Å². The highest BCUT2D eigenvalue weighted by molar-refractivity contribution is 5.76. The standard InChI is InChI=1S/C12H11NO3/c1-8(12(14)15)9-3-2-4-10(5-9)11-6-13-16-7-11/h2-8H,1H3,(H,14,15)/t8-/m0/s1. The van der Waals surface area contributed by atoms with Crippen LogP contribution in [0.1, 0.15) is 18.4 Å². The average Bonchev–Trinajstić information content (AvgIpc) is 2.81. The molecule has 1 atom stereocenters. The molecule has 0 saturated carbocycles. The van der Waals surface area contributed by atoms with Gasteiger partial charge < -0.3 is 9.63 Å². The first-order chi connectivity index (χ1) is 7.68. The van der Waals surface area contributed by atoms with Crippen molar-refractivity contribution in [3.8, 4) is 11.1 Å². The van der Waals surface area contributed by atoms with E-state index in [4.69, 9.17) is 9.63 Å². The molecule has 0 aliphatic heterocycles. The summed E-state index contributed by atoms with van der Waals surface area (Å²) in [4.78, 5) is 10.9. The van der Waals surface area contributed by atoms with Crippen LogP contribution in [0.15, 0.2) is 41.2 Å². The fraction of sp³-hybridized carbons (Fsp3) is 0.167. The van der Waals surface area contributed by atoms with E-state index in [2.05, 4.69) is 5.16 Å². The molecule has 1 aromatic heterocycles. The van der Waals surface area contributed by atoms with Gasteiger partial charge in [-0.15, -0.1) is 0 Å². The minimum atomic E-state index is -0.831. The van der Waals surface area contributed by atoms with E-state index < -0.39 is 11.9 Å². The Morgan fingerprint density at radius 3 is 2.88 bits per heavy atom. The molecule has 0 bridgehead atoms. The van der Waals surface area contributed by atoms with Gasteiger partial charge in [-0.1, -0.05) is 29.4 Å². The van der Waals surface area contributed by atoms with Gasteiger partial charge in [0.25, 0.3) is 0 Å². The lowest BCUT2D eigenvalue weighted by Crippen LogP contribution is -2.07. The van der Waals surface area contributed by atoms with Crippen molar-refractivity contribution >= 4 is 5.97 Å². The van der Waals surface area contributed by atoms with Crippen LogP contribution in [0.4, 0.5) is 0 Å². The SMILES string of the molecule is C[C@H](C(=O)O)c1cccc(-c2cnoc2)c1. The molecule has 1 heterocycles. The van der Waals surface area contributed by atoms with Gasteiger partial charge in [-0.05, 0) is 18.1 Å².